The van der Waals surface area contributed by atoms with Gasteiger partial charge in [-0.15, -0.1) is 0 Å². The van der Waals surface area contributed by atoms with Crippen LogP contribution in [0.4, 0.5) is 0 Å². The Morgan fingerprint density at radius 1 is 1.56 bits per heavy atom. The van der Waals surface area contributed by atoms with Crippen molar-refractivity contribution in [3.63, 3.8) is 0 Å². The van der Waals surface area contributed by atoms with E-state index in [2.05, 4.69) is 11.9 Å². The van der Waals surface area contributed by atoms with Crippen molar-refractivity contribution < 1.29 is 9.84 Å². The van der Waals surface area contributed by atoms with Gasteiger partial charge in [0.1, 0.15) is 0 Å². The second kappa shape index (κ2) is 4.93. The van der Waals surface area contributed by atoms with Gasteiger partial charge < -0.3 is 9.84 Å². The van der Waals surface area contributed by atoms with Crippen molar-refractivity contribution in [2.75, 3.05) is 0 Å². The van der Waals surface area contributed by atoms with Crippen molar-refractivity contribution in [3.8, 4) is 0 Å². The van der Waals surface area contributed by atoms with Crippen molar-refractivity contribution in [2.24, 2.45) is 0 Å². The molecule has 0 spiro atoms. The second-order valence-corrected chi connectivity index (χ2v) is 4.60. The fraction of sp³-hybridized carbons (Fsp3) is 0.615. The summed E-state index contributed by atoms with van der Waals surface area (Å²) in [6.45, 7) is 4.08. The molecule has 2 rings (SSSR count). The highest BCUT2D eigenvalue weighted by molar-refractivity contribution is 5.18. The first-order chi connectivity index (χ1) is 7.66. The fourth-order valence-corrected chi connectivity index (χ4v) is 2.18. The number of aryl methyl sites for hydroxylation is 1. The van der Waals surface area contributed by atoms with Gasteiger partial charge in [-0.1, -0.05) is 6.07 Å². The maximum atomic E-state index is 10.1. The SMILES string of the molecule is Cc1cccnc1CC(O)C1CCC(C)O1. The molecule has 3 heteroatoms. The van der Waals surface area contributed by atoms with Gasteiger partial charge in [-0.3, -0.25) is 4.98 Å². The number of nitrogens with zero attached hydrogens (tertiary/aromatic N) is 1. The monoisotopic (exact) mass is 221 g/mol. The zero-order valence-corrected chi connectivity index (χ0v) is 9.89. The zero-order valence-electron chi connectivity index (χ0n) is 9.89. The Bertz CT molecular complexity index is 354. The molecule has 2 heterocycles. The molecule has 1 fully saturated rings. The summed E-state index contributed by atoms with van der Waals surface area (Å²) in [7, 11) is 0. The summed E-state index contributed by atoms with van der Waals surface area (Å²) in [4.78, 5) is 4.29. The van der Waals surface area contributed by atoms with Crippen molar-refractivity contribution in [1.82, 2.24) is 4.98 Å². The normalized spacial score (nSPS) is 26.9. The van der Waals surface area contributed by atoms with E-state index in [4.69, 9.17) is 4.74 Å². The van der Waals surface area contributed by atoms with Gasteiger partial charge in [-0.2, -0.15) is 0 Å². The molecule has 1 aliphatic heterocycles. The number of aliphatic hydroxyl groups is 1. The van der Waals surface area contributed by atoms with Crippen LogP contribution in [0, 0.1) is 6.92 Å². The van der Waals surface area contributed by atoms with Crippen molar-refractivity contribution in [2.45, 2.75) is 51.4 Å². The number of rotatable bonds is 3. The van der Waals surface area contributed by atoms with E-state index in [9.17, 15) is 5.11 Å². The molecule has 1 N–H and O–H groups in total. The van der Waals surface area contributed by atoms with Crippen LogP contribution in [0.1, 0.15) is 31.0 Å². The van der Waals surface area contributed by atoms with Crippen LogP contribution in [0.2, 0.25) is 0 Å². The molecular formula is C13H19NO2. The molecule has 3 atom stereocenters. The number of pyridine rings is 1. The summed E-state index contributed by atoms with van der Waals surface area (Å²) < 4.78 is 5.66. The summed E-state index contributed by atoms with van der Waals surface area (Å²) in [6, 6.07) is 3.94. The van der Waals surface area contributed by atoms with Gasteiger partial charge >= 0.3 is 0 Å². The lowest BCUT2D eigenvalue weighted by molar-refractivity contribution is -0.0282. The molecule has 1 aromatic heterocycles. The average molecular weight is 221 g/mol. The minimum absolute atomic E-state index is 0.0172. The van der Waals surface area contributed by atoms with E-state index < -0.39 is 6.10 Å². The van der Waals surface area contributed by atoms with Gasteiger partial charge in [-0.05, 0) is 38.3 Å². The Hall–Kier alpha value is -0.930. The summed E-state index contributed by atoms with van der Waals surface area (Å²) >= 11 is 0. The molecule has 0 aromatic carbocycles. The van der Waals surface area contributed by atoms with Gasteiger partial charge in [0, 0.05) is 18.3 Å². The lowest BCUT2D eigenvalue weighted by Gasteiger charge is -2.18. The first-order valence-electron chi connectivity index (χ1n) is 5.91. The minimum Gasteiger partial charge on any atom is -0.390 e. The quantitative estimate of drug-likeness (QED) is 0.847. The van der Waals surface area contributed by atoms with E-state index in [-0.39, 0.29) is 12.2 Å². The van der Waals surface area contributed by atoms with Crippen LogP contribution in [-0.2, 0) is 11.2 Å². The van der Waals surface area contributed by atoms with Gasteiger partial charge in [0.05, 0.1) is 18.3 Å². The molecule has 1 aromatic rings. The summed E-state index contributed by atoms with van der Waals surface area (Å²) in [5.41, 5.74) is 2.10. The number of hydrogen-bond donors (Lipinski definition) is 1. The number of ether oxygens (including phenoxy) is 1. The van der Waals surface area contributed by atoms with Gasteiger partial charge in [0.25, 0.3) is 0 Å². The molecule has 0 amide bonds. The van der Waals surface area contributed by atoms with Crippen molar-refractivity contribution in [1.29, 1.82) is 0 Å². The van der Waals surface area contributed by atoms with E-state index in [1.54, 1.807) is 6.20 Å². The standard InChI is InChI=1S/C13H19NO2/c1-9-4-3-7-14-11(9)8-12(15)13-6-5-10(2)16-13/h3-4,7,10,12-13,15H,5-6,8H2,1-2H3. The van der Waals surface area contributed by atoms with E-state index in [0.29, 0.717) is 6.42 Å². The Balaban J connectivity index is 1.97. The Morgan fingerprint density at radius 3 is 3.00 bits per heavy atom. The number of aromatic nitrogens is 1. The maximum absolute atomic E-state index is 10.1. The minimum atomic E-state index is -0.432. The van der Waals surface area contributed by atoms with Crippen LogP contribution in [-0.4, -0.2) is 28.4 Å². The first kappa shape index (κ1) is 11.6. The maximum Gasteiger partial charge on any atom is 0.0857 e. The third kappa shape index (κ3) is 2.60. The molecule has 3 nitrogen and oxygen atoms in total. The van der Waals surface area contributed by atoms with E-state index in [1.165, 1.54) is 0 Å². The predicted molar refractivity (Wildman–Crippen MR) is 62.3 cm³/mol. The van der Waals surface area contributed by atoms with Gasteiger partial charge in [0.15, 0.2) is 0 Å². The Morgan fingerprint density at radius 2 is 2.38 bits per heavy atom. The average Bonchev–Trinajstić information content (AvgIpc) is 2.68. The molecular weight excluding hydrogens is 202 g/mol. The molecule has 0 bridgehead atoms. The Kier molecular flexibility index (Phi) is 3.56. The van der Waals surface area contributed by atoms with E-state index in [0.717, 1.165) is 24.1 Å². The predicted octanol–water partition coefficient (Wildman–Crippen LogP) is 1.86. The third-order valence-corrected chi connectivity index (χ3v) is 3.21. The molecule has 16 heavy (non-hydrogen) atoms. The lowest BCUT2D eigenvalue weighted by Crippen LogP contribution is -2.28. The molecule has 0 aliphatic carbocycles. The third-order valence-electron chi connectivity index (χ3n) is 3.21. The van der Waals surface area contributed by atoms with E-state index >= 15 is 0 Å². The highest BCUT2D eigenvalue weighted by atomic mass is 16.5. The van der Waals surface area contributed by atoms with Crippen LogP contribution in [0.25, 0.3) is 0 Å². The largest absolute Gasteiger partial charge is 0.390 e. The smallest absolute Gasteiger partial charge is 0.0857 e. The lowest BCUT2D eigenvalue weighted by atomic mass is 10.0. The second-order valence-electron chi connectivity index (χ2n) is 4.60. The van der Waals surface area contributed by atoms with Crippen LogP contribution in [0.3, 0.4) is 0 Å². The molecule has 0 saturated carbocycles. The van der Waals surface area contributed by atoms with Crippen molar-refractivity contribution >= 4 is 0 Å². The number of aliphatic hydroxyl groups excluding tert-OH is 1. The highest BCUT2D eigenvalue weighted by Gasteiger charge is 2.28. The molecule has 88 valence electrons. The summed E-state index contributed by atoms with van der Waals surface area (Å²) in [6.07, 6.45) is 4.19. The summed E-state index contributed by atoms with van der Waals surface area (Å²) in [5, 5.41) is 10.1. The van der Waals surface area contributed by atoms with Crippen LogP contribution < -0.4 is 0 Å². The summed E-state index contributed by atoms with van der Waals surface area (Å²) in [5.74, 6) is 0. The van der Waals surface area contributed by atoms with Gasteiger partial charge in [0.2, 0.25) is 0 Å². The van der Waals surface area contributed by atoms with Gasteiger partial charge in [-0.25, -0.2) is 0 Å². The molecule has 3 unspecified atom stereocenters. The molecule has 0 radical (unpaired) electrons. The number of hydrogen-bond acceptors (Lipinski definition) is 3. The van der Waals surface area contributed by atoms with Crippen molar-refractivity contribution in [3.05, 3.63) is 29.6 Å². The molecule has 1 aliphatic rings. The topological polar surface area (TPSA) is 42.4 Å². The molecule has 1 saturated heterocycles. The van der Waals surface area contributed by atoms with Crippen LogP contribution >= 0.6 is 0 Å². The zero-order chi connectivity index (χ0) is 11.5. The fourth-order valence-electron chi connectivity index (χ4n) is 2.18. The first-order valence-corrected chi connectivity index (χ1v) is 5.91. The van der Waals surface area contributed by atoms with Crippen LogP contribution in [0.15, 0.2) is 18.3 Å². The van der Waals surface area contributed by atoms with Crippen LogP contribution in [0.5, 0.6) is 0 Å². The van der Waals surface area contributed by atoms with E-state index in [1.807, 2.05) is 19.1 Å². The Labute approximate surface area is 96.5 Å². The highest BCUT2D eigenvalue weighted by Crippen LogP contribution is 2.23.